The lowest BCUT2D eigenvalue weighted by molar-refractivity contribution is 0.270. The van der Waals surface area contributed by atoms with Crippen molar-refractivity contribution in [2.75, 3.05) is 31.6 Å². The van der Waals surface area contributed by atoms with E-state index in [9.17, 15) is 4.39 Å². The van der Waals surface area contributed by atoms with Crippen molar-refractivity contribution >= 4 is 5.69 Å². The minimum atomic E-state index is -0.217. The molecule has 1 aliphatic heterocycles. The van der Waals surface area contributed by atoms with Crippen molar-refractivity contribution in [1.82, 2.24) is 4.90 Å². The van der Waals surface area contributed by atoms with Gasteiger partial charge >= 0.3 is 0 Å². The highest BCUT2D eigenvalue weighted by Gasteiger charge is 2.25. The molecule has 2 unspecified atom stereocenters. The fourth-order valence-electron chi connectivity index (χ4n) is 3.17. The Morgan fingerprint density at radius 2 is 2.25 bits per heavy atom. The molecule has 1 aromatic carbocycles. The fourth-order valence-corrected chi connectivity index (χ4v) is 3.17. The molecule has 2 N–H and O–H groups in total. The molecule has 1 saturated heterocycles. The molecule has 1 heterocycles. The van der Waals surface area contributed by atoms with Crippen LogP contribution in [0.3, 0.4) is 0 Å². The van der Waals surface area contributed by atoms with Gasteiger partial charge < -0.3 is 10.6 Å². The second-order valence-corrected chi connectivity index (χ2v) is 5.80. The predicted octanol–water partition coefficient (Wildman–Crippen LogP) is 2.77. The van der Waals surface area contributed by atoms with Gasteiger partial charge in [0.25, 0.3) is 0 Å². The average molecular weight is 279 g/mol. The minimum absolute atomic E-state index is 0.158. The van der Waals surface area contributed by atoms with E-state index in [1.165, 1.54) is 25.5 Å². The number of likely N-dealkylation sites (tertiary alicyclic amines) is 1. The number of hydrogen-bond donors (Lipinski definition) is 1. The second kappa shape index (κ2) is 6.55. The number of nitrogens with two attached hydrogens (primary N) is 1. The lowest BCUT2D eigenvalue weighted by Crippen LogP contribution is -2.39. The summed E-state index contributed by atoms with van der Waals surface area (Å²) >= 11 is 0. The van der Waals surface area contributed by atoms with Gasteiger partial charge in [0.2, 0.25) is 0 Å². The molecule has 0 spiro atoms. The van der Waals surface area contributed by atoms with Gasteiger partial charge in [-0.3, -0.25) is 4.90 Å². The molecular formula is C16H26FN3. The van der Waals surface area contributed by atoms with Gasteiger partial charge in [0, 0.05) is 31.4 Å². The van der Waals surface area contributed by atoms with Gasteiger partial charge in [-0.15, -0.1) is 0 Å². The molecule has 20 heavy (non-hydrogen) atoms. The molecule has 0 aliphatic carbocycles. The van der Waals surface area contributed by atoms with Crippen LogP contribution in [0.15, 0.2) is 18.2 Å². The summed E-state index contributed by atoms with van der Waals surface area (Å²) in [4.78, 5) is 4.74. The van der Waals surface area contributed by atoms with E-state index in [2.05, 4.69) is 23.8 Å². The summed E-state index contributed by atoms with van der Waals surface area (Å²) < 4.78 is 13.4. The molecule has 0 aromatic heterocycles. The Balaban J connectivity index is 2.14. The summed E-state index contributed by atoms with van der Waals surface area (Å²) in [6.45, 7) is 7.38. The maximum atomic E-state index is 13.4. The summed E-state index contributed by atoms with van der Waals surface area (Å²) in [6.07, 6.45) is 2.52. The van der Waals surface area contributed by atoms with Gasteiger partial charge in [-0.1, -0.05) is 6.92 Å². The number of anilines is 1. The fraction of sp³-hybridized carbons (Fsp3) is 0.625. The number of likely N-dealkylation sites (N-methyl/N-ethyl adjacent to an activating group) is 2. The van der Waals surface area contributed by atoms with Crippen molar-refractivity contribution in [2.45, 2.75) is 38.8 Å². The first kappa shape index (κ1) is 15.3. The van der Waals surface area contributed by atoms with E-state index in [-0.39, 0.29) is 11.9 Å². The number of benzene rings is 1. The molecule has 1 aliphatic rings. The normalized spacial score (nSPS) is 21.1. The molecule has 4 heteroatoms. The maximum absolute atomic E-state index is 13.4. The van der Waals surface area contributed by atoms with E-state index >= 15 is 0 Å². The van der Waals surface area contributed by atoms with Gasteiger partial charge in [0.1, 0.15) is 5.82 Å². The van der Waals surface area contributed by atoms with Crippen molar-refractivity contribution in [3.8, 4) is 0 Å². The average Bonchev–Trinajstić information content (AvgIpc) is 2.85. The van der Waals surface area contributed by atoms with Crippen LogP contribution in [0.2, 0.25) is 0 Å². The Morgan fingerprint density at radius 1 is 1.50 bits per heavy atom. The van der Waals surface area contributed by atoms with Gasteiger partial charge in [0.05, 0.1) is 0 Å². The first-order valence-corrected chi connectivity index (χ1v) is 7.53. The van der Waals surface area contributed by atoms with Crippen LogP contribution >= 0.6 is 0 Å². The number of halogens is 1. The van der Waals surface area contributed by atoms with Crippen LogP contribution in [0.5, 0.6) is 0 Å². The maximum Gasteiger partial charge on any atom is 0.123 e. The molecule has 1 aromatic rings. The van der Waals surface area contributed by atoms with E-state index in [1.54, 1.807) is 6.07 Å². The van der Waals surface area contributed by atoms with Crippen LogP contribution in [0.25, 0.3) is 0 Å². The van der Waals surface area contributed by atoms with Gasteiger partial charge in [-0.2, -0.15) is 0 Å². The van der Waals surface area contributed by atoms with Crippen LogP contribution in [0.1, 0.15) is 38.3 Å². The molecule has 0 amide bonds. The smallest absolute Gasteiger partial charge is 0.123 e. The summed E-state index contributed by atoms with van der Waals surface area (Å²) in [5, 5.41) is 0. The zero-order valence-electron chi connectivity index (χ0n) is 12.8. The van der Waals surface area contributed by atoms with Crippen molar-refractivity contribution in [1.29, 1.82) is 0 Å². The molecule has 112 valence electrons. The summed E-state index contributed by atoms with van der Waals surface area (Å²) in [5.74, 6) is -0.217. The largest absolute Gasteiger partial charge is 0.373 e. The first-order valence-electron chi connectivity index (χ1n) is 7.53. The van der Waals surface area contributed by atoms with E-state index < -0.39 is 0 Å². The Kier molecular flexibility index (Phi) is 5.00. The van der Waals surface area contributed by atoms with E-state index in [0.29, 0.717) is 6.04 Å². The quantitative estimate of drug-likeness (QED) is 0.899. The minimum Gasteiger partial charge on any atom is -0.373 e. The predicted molar refractivity (Wildman–Crippen MR) is 82.5 cm³/mol. The lowest BCUT2D eigenvalue weighted by atomic mass is 10.0. The summed E-state index contributed by atoms with van der Waals surface area (Å²) in [5.41, 5.74) is 7.91. The van der Waals surface area contributed by atoms with Gasteiger partial charge in [0.15, 0.2) is 0 Å². The number of hydrogen-bond acceptors (Lipinski definition) is 3. The Hall–Kier alpha value is -1.13. The number of nitrogens with zero attached hydrogens (tertiary/aromatic N) is 2. The van der Waals surface area contributed by atoms with Crippen molar-refractivity contribution < 1.29 is 4.39 Å². The Labute approximate surface area is 121 Å². The molecule has 3 nitrogen and oxygen atoms in total. The Morgan fingerprint density at radius 3 is 2.90 bits per heavy atom. The molecule has 0 bridgehead atoms. The van der Waals surface area contributed by atoms with Crippen molar-refractivity contribution in [3.05, 3.63) is 29.6 Å². The van der Waals surface area contributed by atoms with Gasteiger partial charge in [-0.05, 0) is 56.6 Å². The third-order valence-electron chi connectivity index (χ3n) is 4.28. The van der Waals surface area contributed by atoms with Crippen LogP contribution in [-0.2, 0) is 0 Å². The Bertz CT molecular complexity index is 447. The summed E-state index contributed by atoms with van der Waals surface area (Å²) in [6, 6.07) is 5.36. The highest BCUT2D eigenvalue weighted by Crippen LogP contribution is 2.27. The van der Waals surface area contributed by atoms with E-state index in [4.69, 9.17) is 5.73 Å². The van der Waals surface area contributed by atoms with Crippen molar-refractivity contribution in [3.63, 3.8) is 0 Å². The molecular weight excluding hydrogens is 253 g/mol. The van der Waals surface area contributed by atoms with E-state index in [0.717, 1.165) is 24.3 Å². The molecule has 0 saturated carbocycles. The third kappa shape index (κ3) is 3.30. The van der Waals surface area contributed by atoms with Crippen LogP contribution in [0, 0.1) is 5.82 Å². The zero-order chi connectivity index (χ0) is 14.7. The van der Waals surface area contributed by atoms with Crippen LogP contribution in [-0.4, -0.2) is 37.6 Å². The zero-order valence-corrected chi connectivity index (χ0v) is 12.8. The van der Waals surface area contributed by atoms with E-state index in [1.807, 2.05) is 13.0 Å². The number of rotatable bonds is 5. The van der Waals surface area contributed by atoms with Crippen molar-refractivity contribution in [2.24, 2.45) is 5.73 Å². The standard InChI is InChI=1S/C16H26FN3/c1-4-20-9-5-6-14(20)11-19(3)16-8-7-13(17)10-15(16)12(2)18/h7-8,10,12,14H,4-6,9,11,18H2,1-3H3. The summed E-state index contributed by atoms with van der Waals surface area (Å²) in [7, 11) is 2.07. The third-order valence-corrected chi connectivity index (χ3v) is 4.28. The van der Waals surface area contributed by atoms with Crippen LogP contribution < -0.4 is 10.6 Å². The first-order chi connectivity index (χ1) is 9.52. The molecule has 2 rings (SSSR count). The van der Waals surface area contributed by atoms with Gasteiger partial charge in [-0.25, -0.2) is 4.39 Å². The lowest BCUT2D eigenvalue weighted by Gasteiger charge is -2.30. The highest BCUT2D eigenvalue weighted by atomic mass is 19.1. The second-order valence-electron chi connectivity index (χ2n) is 5.80. The molecule has 2 atom stereocenters. The topological polar surface area (TPSA) is 32.5 Å². The SMILES string of the molecule is CCN1CCCC1CN(C)c1ccc(F)cc1C(C)N. The van der Waals surface area contributed by atoms with Crippen LogP contribution in [0.4, 0.5) is 10.1 Å². The molecule has 1 fully saturated rings. The monoisotopic (exact) mass is 279 g/mol. The molecule has 0 radical (unpaired) electrons. The highest BCUT2D eigenvalue weighted by molar-refractivity contribution is 5.54.